The zero-order chi connectivity index (χ0) is 21.8. The zero-order valence-electron chi connectivity index (χ0n) is 17.9. The number of benzene rings is 1. The summed E-state index contributed by atoms with van der Waals surface area (Å²) in [6.07, 6.45) is 1.15. The number of hydrogen-bond donors (Lipinski definition) is 0. The first kappa shape index (κ1) is 23.2. The SMILES string of the molecule is CC(C)N(CC1CCCN(S(=O)(=O)c2ccccc2C#N)C1)C(=O)OC(C)(C)C. The molecular formula is C21H31N3O4S. The standard InChI is InChI=1S/C21H31N3O4S/c1-16(2)24(20(25)28-21(3,4)5)15-17-9-8-12-23(14-17)29(26,27)19-11-7-6-10-18(19)13-22/h6-7,10-11,16-17H,8-9,12,14-15H2,1-5H3. The molecule has 8 heteroatoms. The molecular weight excluding hydrogens is 390 g/mol. The summed E-state index contributed by atoms with van der Waals surface area (Å²) >= 11 is 0. The van der Waals surface area contributed by atoms with Gasteiger partial charge in [0, 0.05) is 25.7 Å². The Morgan fingerprint density at radius 1 is 1.34 bits per heavy atom. The molecule has 1 aliphatic rings. The quantitative estimate of drug-likeness (QED) is 0.724. The number of carbonyl (C=O) groups is 1. The Kier molecular flexibility index (Phi) is 7.30. The average molecular weight is 422 g/mol. The fraction of sp³-hybridized carbons (Fsp3) is 0.619. The van der Waals surface area contributed by atoms with Gasteiger partial charge in [0.25, 0.3) is 0 Å². The van der Waals surface area contributed by atoms with Crippen LogP contribution in [0.15, 0.2) is 29.2 Å². The number of piperidine rings is 1. The van der Waals surface area contributed by atoms with E-state index in [0.29, 0.717) is 26.1 Å². The summed E-state index contributed by atoms with van der Waals surface area (Å²) in [6, 6.07) is 8.16. The van der Waals surface area contributed by atoms with E-state index in [2.05, 4.69) is 0 Å². The molecule has 1 atom stereocenters. The molecule has 0 aromatic heterocycles. The van der Waals surface area contributed by atoms with E-state index in [9.17, 15) is 18.5 Å². The molecule has 1 amide bonds. The van der Waals surface area contributed by atoms with E-state index < -0.39 is 15.6 Å². The Labute approximate surface area is 174 Å². The van der Waals surface area contributed by atoms with Crippen molar-refractivity contribution in [2.75, 3.05) is 19.6 Å². The maximum Gasteiger partial charge on any atom is 0.410 e. The minimum absolute atomic E-state index is 0.00249. The molecule has 1 saturated heterocycles. The number of hydrogen-bond acceptors (Lipinski definition) is 5. The summed E-state index contributed by atoms with van der Waals surface area (Å²) in [4.78, 5) is 14.3. The number of rotatable bonds is 5. The molecule has 1 aliphatic heterocycles. The van der Waals surface area contributed by atoms with Crippen molar-refractivity contribution in [1.29, 1.82) is 5.26 Å². The predicted molar refractivity (Wildman–Crippen MR) is 111 cm³/mol. The summed E-state index contributed by atoms with van der Waals surface area (Å²) in [6.45, 7) is 10.5. The van der Waals surface area contributed by atoms with Crippen molar-refractivity contribution in [2.45, 2.75) is 64.0 Å². The maximum atomic E-state index is 13.1. The van der Waals surface area contributed by atoms with Gasteiger partial charge in [0.2, 0.25) is 10.0 Å². The topological polar surface area (TPSA) is 90.7 Å². The third-order valence-electron chi connectivity index (χ3n) is 4.81. The molecule has 0 saturated carbocycles. The van der Waals surface area contributed by atoms with E-state index in [1.54, 1.807) is 17.0 Å². The van der Waals surface area contributed by atoms with Crippen LogP contribution in [0.1, 0.15) is 53.0 Å². The molecule has 0 bridgehead atoms. The smallest absolute Gasteiger partial charge is 0.410 e. The van der Waals surface area contributed by atoms with Crippen LogP contribution in [0.3, 0.4) is 0 Å². The molecule has 1 fully saturated rings. The highest BCUT2D eigenvalue weighted by Crippen LogP contribution is 2.27. The molecule has 1 unspecified atom stereocenters. The van der Waals surface area contributed by atoms with E-state index >= 15 is 0 Å². The van der Waals surface area contributed by atoms with Gasteiger partial charge in [-0.25, -0.2) is 13.2 Å². The first-order valence-electron chi connectivity index (χ1n) is 9.94. The molecule has 0 aliphatic carbocycles. The second-order valence-corrected chi connectivity index (χ2v) is 10.6. The average Bonchev–Trinajstić information content (AvgIpc) is 2.64. The number of ether oxygens (including phenoxy) is 1. The van der Waals surface area contributed by atoms with E-state index in [4.69, 9.17) is 4.74 Å². The summed E-state index contributed by atoms with van der Waals surface area (Å²) in [5.74, 6) is 0.00249. The predicted octanol–water partition coefficient (Wildman–Crippen LogP) is 3.60. The van der Waals surface area contributed by atoms with Gasteiger partial charge in [-0.3, -0.25) is 0 Å². The van der Waals surface area contributed by atoms with Gasteiger partial charge in [-0.05, 0) is 65.5 Å². The fourth-order valence-electron chi connectivity index (χ4n) is 3.41. The second-order valence-electron chi connectivity index (χ2n) is 8.71. The molecule has 0 N–H and O–H groups in total. The molecule has 7 nitrogen and oxygen atoms in total. The minimum Gasteiger partial charge on any atom is -0.444 e. The van der Waals surface area contributed by atoms with Crippen LogP contribution in [-0.2, 0) is 14.8 Å². The van der Waals surface area contributed by atoms with Gasteiger partial charge in [-0.1, -0.05) is 12.1 Å². The second kappa shape index (κ2) is 9.14. The molecule has 160 valence electrons. The molecule has 1 heterocycles. The number of amides is 1. The zero-order valence-corrected chi connectivity index (χ0v) is 18.7. The summed E-state index contributed by atoms with van der Waals surface area (Å²) in [5.41, 5.74) is -0.445. The Balaban J connectivity index is 2.17. The summed E-state index contributed by atoms with van der Waals surface area (Å²) in [5, 5.41) is 9.28. The van der Waals surface area contributed by atoms with Gasteiger partial charge in [0.15, 0.2) is 0 Å². The van der Waals surface area contributed by atoms with E-state index in [1.807, 2.05) is 40.7 Å². The van der Waals surface area contributed by atoms with Crippen LogP contribution >= 0.6 is 0 Å². The highest BCUT2D eigenvalue weighted by Gasteiger charge is 2.34. The van der Waals surface area contributed by atoms with E-state index in [0.717, 1.165) is 6.42 Å². The molecule has 2 rings (SSSR count). The molecule has 0 radical (unpaired) electrons. The van der Waals surface area contributed by atoms with Crippen LogP contribution in [0.5, 0.6) is 0 Å². The van der Waals surface area contributed by atoms with Crippen molar-refractivity contribution in [3.8, 4) is 6.07 Å². The van der Waals surface area contributed by atoms with E-state index in [1.165, 1.54) is 16.4 Å². The van der Waals surface area contributed by atoms with E-state index in [-0.39, 0.29) is 28.5 Å². The van der Waals surface area contributed by atoms with Gasteiger partial charge in [0.1, 0.15) is 11.7 Å². The summed E-state index contributed by atoms with van der Waals surface area (Å²) < 4.78 is 33.2. The first-order chi connectivity index (χ1) is 13.5. The lowest BCUT2D eigenvalue weighted by Gasteiger charge is -2.37. The molecule has 1 aromatic rings. The van der Waals surface area contributed by atoms with Crippen LogP contribution in [0.4, 0.5) is 4.79 Å². The first-order valence-corrected chi connectivity index (χ1v) is 11.4. The monoisotopic (exact) mass is 421 g/mol. The van der Waals surface area contributed by atoms with Gasteiger partial charge in [-0.2, -0.15) is 9.57 Å². The lowest BCUT2D eigenvalue weighted by atomic mass is 9.98. The Morgan fingerprint density at radius 2 is 2.00 bits per heavy atom. The Morgan fingerprint density at radius 3 is 2.59 bits per heavy atom. The molecule has 1 aromatic carbocycles. The van der Waals surface area contributed by atoms with Crippen molar-refractivity contribution < 1.29 is 17.9 Å². The van der Waals surface area contributed by atoms with Gasteiger partial charge >= 0.3 is 6.09 Å². The summed E-state index contributed by atoms with van der Waals surface area (Å²) in [7, 11) is -3.77. The van der Waals surface area contributed by atoms with Crippen molar-refractivity contribution in [3.63, 3.8) is 0 Å². The fourth-order valence-corrected chi connectivity index (χ4v) is 5.11. The number of carbonyl (C=O) groups excluding carboxylic acids is 1. The lowest BCUT2D eigenvalue weighted by Crippen LogP contribution is -2.48. The third-order valence-corrected chi connectivity index (χ3v) is 6.74. The van der Waals surface area contributed by atoms with Crippen molar-refractivity contribution in [2.24, 2.45) is 5.92 Å². The lowest BCUT2D eigenvalue weighted by molar-refractivity contribution is 0.0138. The van der Waals surface area contributed by atoms with Crippen molar-refractivity contribution >= 4 is 16.1 Å². The Bertz CT molecular complexity index is 869. The largest absolute Gasteiger partial charge is 0.444 e. The molecule has 29 heavy (non-hydrogen) atoms. The minimum atomic E-state index is -3.77. The van der Waals surface area contributed by atoms with Gasteiger partial charge in [0.05, 0.1) is 10.5 Å². The van der Waals surface area contributed by atoms with Crippen molar-refractivity contribution in [1.82, 2.24) is 9.21 Å². The van der Waals surface area contributed by atoms with Crippen LogP contribution in [0, 0.1) is 17.2 Å². The van der Waals surface area contributed by atoms with Crippen LogP contribution in [-0.4, -0.2) is 55.0 Å². The number of nitriles is 1. The normalized spacial score (nSPS) is 18.3. The van der Waals surface area contributed by atoms with Gasteiger partial charge < -0.3 is 9.64 Å². The number of sulfonamides is 1. The van der Waals surface area contributed by atoms with Crippen molar-refractivity contribution in [3.05, 3.63) is 29.8 Å². The third kappa shape index (κ3) is 5.94. The Hall–Kier alpha value is -2.11. The van der Waals surface area contributed by atoms with Gasteiger partial charge in [-0.15, -0.1) is 0 Å². The van der Waals surface area contributed by atoms with Crippen LogP contribution in [0.25, 0.3) is 0 Å². The highest BCUT2D eigenvalue weighted by atomic mass is 32.2. The molecule has 0 spiro atoms. The van der Waals surface area contributed by atoms with Crippen LogP contribution < -0.4 is 0 Å². The maximum absolute atomic E-state index is 13.1. The van der Waals surface area contributed by atoms with Crippen LogP contribution in [0.2, 0.25) is 0 Å². The number of nitrogens with zero attached hydrogens (tertiary/aromatic N) is 3. The highest BCUT2D eigenvalue weighted by molar-refractivity contribution is 7.89.